The maximum absolute atomic E-state index is 13.7. The average molecular weight is 377 g/mol. The van der Waals surface area contributed by atoms with Crippen LogP contribution in [-0.2, 0) is 0 Å². The van der Waals surface area contributed by atoms with Gasteiger partial charge in [0.15, 0.2) is 0 Å². The molecule has 1 fully saturated rings. The largest absolute Gasteiger partial charge is 0.385 e. The Morgan fingerprint density at radius 1 is 1.04 bits per heavy atom. The zero-order chi connectivity index (χ0) is 19.3. The molecule has 2 aromatic carbocycles. The number of hydrogen-bond donors (Lipinski definition) is 2. The number of aromatic nitrogens is 1. The average Bonchev–Trinajstić information content (AvgIpc) is 2.73. The number of nitrogens with one attached hydrogen (secondary N) is 2. The quantitative estimate of drug-likeness (QED) is 0.607. The van der Waals surface area contributed by atoms with Crippen LogP contribution in [0.1, 0.15) is 42.5 Å². The van der Waals surface area contributed by atoms with Crippen LogP contribution in [0.5, 0.6) is 0 Å². The van der Waals surface area contributed by atoms with E-state index in [2.05, 4.69) is 15.6 Å². The van der Waals surface area contributed by atoms with Gasteiger partial charge in [0.2, 0.25) is 0 Å². The van der Waals surface area contributed by atoms with Gasteiger partial charge in [-0.25, -0.2) is 4.39 Å². The number of fused-ring (bicyclic) bond motifs is 1. The number of nitrogens with zero attached hydrogens (tertiary/aromatic N) is 1. The number of anilines is 2. The molecule has 0 unspecified atom stereocenters. The Bertz CT molecular complexity index is 965. The molecule has 1 saturated carbocycles. The van der Waals surface area contributed by atoms with E-state index in [0.29, 0.717) is 22.2 Å². The van der Waals surface area contributed by atoms with Crippen molar-refractivity contribution in [1.82, 2.24) is 4.98 Å². The summed E-state index contributed by atoms with van der Waals surface area (Å²) in [5.41, 5.74) is 2.45. The summed E-state index contributed by atoms with van der Waals surface area (Å²) < 4.78 is 13.7. The normalized spacial score (nSPS) is 14.8. The number of benzene rings is 2. The highest BCUT2D eigenvalue weighted by Crippen LogP contribution is 2.24. The van der Waals surface area contributed by atoms with Crippen molar-refractivity contribution in [2.24, 2.45) is 5.92 Å². The molecular weight excluding hydrogens is 353 g/mol. The van der Waals surface area contributed by atoms with Crippen LogP contribution in [0.25, 0.3) is 10.9 Å². The Morgan fingerprint density at radius 2 is 1.82 bits per heavy atom. The summed E-state index contributed by atoms with van der Waals surface area (Å²) in [6.45, 7) is 0.991. The van der Waals surface area contributed by atoms with Gasteiger partial charge in [0.25, 0.3) is 5.91 Å². The zero-order valence-electron chi connectivity index (χ0n) is 15.7. The molecule has 1 aliphatic carbocycles. The fraction of sp³-hybridized carbons (Fsp3) is 0.304. The van der Waals surface area contributed by atoms with Gasteiger partial charge in [0, 0.05) is 23.2 Å². The first kappa shape index (κ1) is 18.4. The maximum Gasteiger partial charge on any atom is 0.255 e. The van der Waals surface area contributed by atoms with Crippen LogP contribution in [0.4, 0.5) is 15.8 Å². The Hall–Kier alpha value is -2.95. The van der Waals surface area contributed by atoms with Crippen LogP contribution < -0.4 is 10.6 Å². The number of pyridine rings is 1. The van der Waals surface area contributed by atoms with Gasteiger partial charge in [0.05, 0.1) is 11.9 Å². The molecule has 28 heavy (non-hydrogen) atoms. The lowest BCUT2D eigenvalue weighted by atomic mass is 9.89. The third-order valence-corrected chi connectivity index (χ3v) is 5.39. The zero-order valence-corrected chi connectivity index (χ0v) is 15.7. The van der Waals surface area contributed by atoms with Crippen LogP contribution in [0.3, 0.4) is 0 Å². The van der Waals surface area contributed by atoms with Crippen LogP contribution in [0, 0.1) is 11.7 Å². The van der Waals surface area contributed by atoms with E-state index in [0.717, 1.165) is 18.2 Å². The Labute approximate surface area is 164 Å². The molecule has 0 spiro atoms. The lowest BCUT2D eigenvalue weighted by Gasteiger charge is -2.22. The number of carbonyl (C=O) groups is 1. The molecule has 2 N–H and O–H groups in total. The molecule has 4 rings (SSSR count). The number of carbonyl (C=O) groups excluding carboxylic acids is 1. The molecule has 144 valence electrons. The summed E-state index contributed by atoms with van der Waals surface area (Å²) in [6, 6.07) is 14.0. The topological polar surface area (TPSA) is 54.0 Å². The first-order chi connectivity index (χ1) is 13.7. The van der Waals surface area contributed by atoms with Crippen LogP contribution in [0.2, 0.25) is 0 Å². The molecule has 5 heteroatoms. The smallest absolute Gasteiger partial charge is 0.255 e. The maximum atomic E-state index is 13.7. The first-order valence-electron chi connectivity index (χ1n) is 9.88. The monoisotopic (exact) mass is 377 g/mol. The van der Waals surface area contributed by atoms with E-state index in [1.54, 1.807) is 18.2 Å². The van der Waals surface area contributed by atoms with Crippen LogP contribution >= 0.6 is 0 Å². The van der Waals surface area contributed by atoms with Gasteiger partial charge < -0.3 is 10.6 Å². The van der Waals surface area contributed by atoms with E-state index in [-0.39, 0.29) is 11.7 Å². The van der Waals surface area contributed by atoms with Crippen LogP contribution in [0.15, 0.2) is 54.7 Å². The van der Waals surface area contributed by atoms with E-state index in [1.807, 2.05) is 24.3 Å². The van der Waals surface area contributed by atoms with Crippen molar-refractivity contribution in [3.8, 4) is 0 Å². The van der Waals surface area contributed by atoms with E-state index in [1.165, 1.54) is 44.4 Å². The highest BCUT2D eigenvalue weighted by atomic mass is 19.1. The van der Waals surface area contributed by atoms with Crippen molar-refractivity contribution in [3.63, 3.8) is 0 Å². The van der Waals surface area contributed by atoms with Gasteiger partial charge in [-0.05, 0) is 55.2 Å². The minimum Gasteiger partial charge on any atom is -0.385 e. The molecule has 0 aliphatic heterocycles. The summed E-state index contributed by atoms with van der Waals surface area (Å²) in [6.07, 6.45) is 8.11. The molecule has 3 aromatic rings. The predicted octanol–water partition coefficient (Wildman–Crippen LogP) is 5.62. The second-order valence-electron chi connectivity index (χ2n) is 7.45. The number of rotatable bonds is 5. The molecule has 0 radical (unpaired) electrons. The summed E-state index contributed by atoms with van der Waals surface area (Å²) in [5.74, 6) is 0.171. The Morgan fingerprint density at radius 3 is 2.61 bits per heavy atom. The highest BCUT2D eigenvalue weighted by molar-refractivity contribution is 6.05. The van der Waals surface area contributed by atoms with Crippen molar-refractivity contribution in [1.29, 1.82) is 0 Å². The summed E-state index contributed by atoms with van der Waals surface area (Å²) in [4.78, 5) is 16.6. The van der Waals surface area contributed by atoms with Gasteiger partial charge in [0.1, 0.15) is 11.3 Å². The van der Waals surface area contributed by atoms with Crippen LogP contribution in [-0.4, -0.2) is 17.4 Å². The number of hydrogen-bond acceptors (Lipinski definition) is 3. The lowest BCUT2D eigenvalue weighted by Crippen LogP contribution is -2.17. The first-order valence-corrected chi connectivity index (χ1v) is 9.88. The minimum atomic E-state index is -0.369. The fourth-order valence-corrected chi connectivity index (χ4v) is 3.79. The Balaban J connectivity index is 1.38. The molecule has 0 saturated heterocycles. The van der Waals surface area contributed by atoms with Gasteiger partial charge >= 0.3 is 0 Å². The molecule has 1 aliphatic rings. The molecule has 4 nitrogen and oxygen atoms in total. The van der Waals surface area contributed by atoms with E-state index in [4.69, 9.17) is 0 Å². The van der Waals surface area contributed by atoms with E-state index in [9.17, 15) is 9.18 Å². The number of halogens is 1. The molecule has 1 aromatic heterocycles. The van der Waals surface area contributed by atoms with Gasteiger partial charge in [-0.3, -0.25) is 9.78 Å². The SMILES string of the molecule is O=C(Nc1cnc2c(F)cccc2c1)c1ccc(NCC2CCCCC2)cc1. The van der Waals surface area contributed by atoms with Gasteiger partial charge in [-0.15, -0.1) is 0 Å². The number of para-hydroxylation sites is 1. The molecule has 0 bridgehead atoms. The second-order valence-corrected chi connectivity index (χ2v) is 7.45. The van der Waals surface area contributed by atoms with Crippen molar-refractivity contribution in [3.05, 3.63) is 66.1 Å². The van der Waals surface area contributed by atoms with Crippen molar-refractivity contribution >= 4 is 28.2 Å². The third-order valence-electron chi connectivity index (χ3n) is 5.39. The molecule has 0 atom stereocenters. The van der Waals surface area contributed by atoms with E-state index >= 15 is 0 Å². The van der Waals surface area contributed by atoms with E-state index < -0.39 is 0 Å². The van der Waals surface area contributed by atoms with Crippen molar-refractivity contribution in [2.75, 3.05) is 17.2 Å². The summed E-state index contributed by atoms with van der Waals surface area (Å²) >= 11 is 0. The highest BCUT2D eigenvalue weighted by Gasteiger charge is 2.13. The minimum absolute atomic E-state index is 0.212. The molecular formula is C23H24FN3O. The van der Waals surface area contributed by atoms with Crippen molar-refractivity contribution < 1.29 is 9.18 Å². The third kappa shape index (κ3) is 4.30. The number of amides is 1. The summed E-state index contributed by atoms with van der Waals surface area (Å²) in [5, 5.41) is 6.96. The lowest BCUT2D eigenvalue weighted by molar-refractivity contribution is 0.102. The van der Waals surface area contributed by atoms with Gasteiger partial charge in [-0.1, -0.05) is 31.4 Å². The predicted molar refractivity (Wildman–Crippen MR) is 111 cm³/mol. The summed E-state index contributed by atoms with van der Waals surface area (Å²) in [7, 11) is 0. The molecule has 1 heterocycles. The molecule has 1 amide bonds. The second kappa shape index (κ2) is 8.38. The fourth-order valence-electron chi connectivity index (χ4n) is 3.79. The van der Waals surface area contributed by atoms with Gasteiger partial charge in [-0.2, -0.15) is 0 Å². The standard InChI is InChI=1S/C23H24FN3O/c24-21-8-4-7-18-13-20(15-26-22(18)21)27-23(28)17-9-11-19(12-10-17)25-14-16-5-2-1-3-6-16/h4,7-13,15-16,25H,1-3,5-6,14H2,(H,27,28). The van der Waals surface area contributed by atoms with Crippen molar-refractivity contribution in [2.45, 2.75) is 32.1 Å². The Kier molecular flexibility index (Phi) is 5.51.